The lowest BCUT2D eigenvalue weighted by molar-refractivity contribution is -0.113. The van der Waals surface area contributed by atoms with Gasteiger partial charge in [-0.15, -0.1) is 11.3 Å². The number of hydrogen-bond donors (Lipinski definition) is 1. The number of aryl methyl sites for hydroxylation is 1. The zero-order chi connectivity index (χ0) is 17.1. The van der Waals surface area contributed by atoms with Crippen molar-refractivity contribution in [1.29, 1.82) is 0 Å². The van der Waals surface area contributed by atoms with Crippen LogP contribution in [-0.4, -0.2) is 28.7 Å². The number of halogens is 1. The van der Waals surface area contributed by atoms with Crippen LogP contribution in [0.4, 0.5) is 5.69 Å². The summed E-state index contributed by atoms with van der Waals surface area (Å²) >= 11 is 9.03. The highest BCUT2D eigenvalue weighted by atomic mass is 35.5. The Morgan fingerprint density at radius 2 is 2.25 bits per heavy atom. The maximum atomic E-state index is 12.3. The molecule has 0 saturated heterocycles. The van der Waals surface area contributed by atoms with E-state index in [0.29, 0.717) is 16.5 Å². The summed E-state index contributed by atoms with van der Waals surface area (Å²) in [6.07, 6.45) is 1.51. The molecule has 0 fully saturated rings. The number of thiophene rings is 1. The van der Waals surface area contributed by atoms with E-state index in [-0.39, 0.29) is 11.7 Å². The second-order valence-electron chi connectivity index (χ2n) is 4.95. The number of nitrogens with zero attached hydrogens (tertiary/aromatic N) is 2. The highest BCUT2D eigenvalue weighted by Gasteiger charge is 2.12. The molecular formula is C16H14ClN3O2S2. The smallest absolute Gasteiger partial charge is 0.234 e. The normalized spacial score (nSPS) is 10.8. The molecule has 0 atom stereocenters. The Labute approximate surface area is 152 Å². The second-order valence-corrected chi connectivity index (χ2v) is 7.24. The van der Waals surface area contributed by atoms with Gasteiger partial charge in [0.2, 0.25) is 5.91 Å². The molecule has 0 aliphatic heterocycles. The average molecular weight is 380 g/mol. The number of aromatic nitrogens is 2. The molecule has 8 heteroatoms. The molecule has 3 aromatic rings. The van der Waals surface area contributed by atoms with Crippen molar-refractivity contribution < 1.29 is 9.53 Å². The highest BCUT2D eigenvalue weighted by Crippen LogP contribution is 2.32. The number of rotatable bonds is 5. The van der Waals surface area contributed by atoms with Crippen molar-refractivity contribution in [3.05, 3.63) is 40.5 Å². The summed E-state index contributed by atoms with van der Waals surface area (Å²) in [5.41, 5.74) is 2.37. The fourth-order valence-corrected chi connectivity index (χ4v) is 4.02. The fraction of sp³-hybridized carbons (Fsp3) is 0.188. The molecule has 24 heavy (non-hydrogen) atoms. The summed E-state index contributed by atoms with van der Waals surface area (Å²) in [5.74, 6) is 0.643. The van der Waals surface area contributed by atoms with Crippen molar-refractivity contribution in [3.8, 4) is 5.75 Å². The van der Waals surface area contributed by atoms with E-state index in [1.54, 1.807) is 30.6 Å². The second kappa shape index (κ2) is 7.38. The Balaban J connectivity index is 1.70. The first-order valence-electron chi connectivity index (χ1n) is 7.03. The molecule has 5 nitrogen and oxygen atoms in total. The first-order valence-corrected chi connectivity index (χ1v) is 9.28. The van der Waals surface area contributed by atoms with Gasteiger partial charge in [-0.3, -0.25) is 4.79 Å². The standard InChI is InChI=1S/C16H14ClN3O2S2/c1-9-5-12(13(22-2)6-10(9)17)20-14(21)7-24-16-15-11(3-4-23-15)18-8-19-16/h3-6,8H,7H2,1-2H3,(H,20,21). The Morgan fingerprint density at radius 1 is 1.42 bits per heavy atom. The molecular weight excluding hydrogens is 366 g/mol. The topological polar surface area (TPSA) is 64.1 Å². The van der Waals surface area contributed by atoms with E-state index in [4.69, 9.17) is 16.3 Å². The van der Waals surface area contributed by atoms with E-state index in [9.17, 15) is 4.79 Å². The summed E-state index contributed by atoms with van der Waals surface area (Å²) in [7, 11) is 1.54. The van der Waals surface area contributed by atoms with Crippen LogP contribution in [0.25, 0.3) is 10.2 Å². The van der Waals surface area contributed by atoms with Gasteiger partial charge in [0, 0.05) is 11.1 Å². The molecule has 1 N–H and O–H groups in total. The van der Waals surface area contributed by atoms with Gasteiger partial charge in [-0.25, -0.2) is 9.97 Å². The molecule has 0 unspecified atom stereocenters. The first kappa shape index (κ1) is 17.0. The van der Waals surface area contributed by atoms with Gasteiger partial charge in [-0.2, -0.15) is 0 Å². The Morgan fingerprint density at radius 3 is 3.04 bits per heavy atom. The summed E-state index contributed by atoms with van der Waals surface area (Å²) in [5, 5.41) is 6.23. The van der Waals surface area contributed by atoms with Gasteiger partial charge in [-0.1, -0.05) is 23.4 Å². The van der Waals surface area contributed by atoms with Crippen LogP contribution in [0.2, 0.25) is 5.02 Å². The van der Waals surface area contributed by atoms with Gasteiger partial charge in [0.05, 0.1) is 28.8 Å². The number of ether oxygens (including phenoxy) is 1. The van der Waals surface area contributed by atoms with Crippen LogP contribution < -0.4 is 10.1 Å². The number of anilines is 1. The number of carbonyl (C=O) groups excluding carboxylic acids is 1. The largest absolute Gasteiger partial charge is 0.495 e. The molecule has 0 radical (unpaired) electrons. The van der Waals surface area contributed by atoms with Gasteiger partial charge in [-0.05, 0) is 30.0 Å². The monoisotopic (exact) mass is 379 g/mol. The quantitative estimate of drug-likeness (QED) is 0.526. The van der Waals surface area contributed by atoms with E-state index in [0.717, 1.165) is 20.8 Å². The first-order chi connectivity index (χ1) is 11.6. The summed E-state index contributed by atoms with van der Waals surface area (Å²) in [6, 6.07) is 5.43. The third-order valence-corrected chi connectivity index (χ3v) is 5.74. The Bertz CT molecular complexity index is 898. The summed E-state index contributed by atoms with van der Waals surface area (Å²) in [6.45, 7) is 1.88. The highest BCUT2D eigenvalue weighted by molar-refractivity contribution is 8.00. The van der Waals surface area contributed by atoms with Crippen LogP contribution in [0.5, 0.6) is 5.75 Å². The predicted molar refractivity (Wildman–Crippen MR) is 99.5 cm³/mol. The van der Waals surface area contributed by atoms with Crippen molar-refractivity contribution >= 4 is 56.5 Å². The number of benzene rings is 1. The molecule has 1 amide bonds. The van der Waals surface area contributed by atoms with Crippen LogP contribution in [0.3, 0.4) is 0 Å². The number of amides is 1. The number of methoxy groups -OCH3 is 1. The number of nitrogens with one attached hydrogen (secondary N) is 1. The van der Waals surface area contributed by atoms with Crippen LogP contribution in [0, 0.1) is 6.92 Å². The van der Waals surface area contributed by atoms with Gasteiger partial charge < -0.3 is 10.1 Å². The Hall–Kier alpha value is -1.83. The lowest BCUT2D eigenvalue weighted by Gasteiger charge is -2.12. The van der Waals surface area contributed by atoms with E-state index in [1.165, 1.54) is 18.1 Å². The van der Waals surface area contributed by atoms with E-state index in [1.807, 2.05) is 18.4 Å². The summed E-state index contributed by atoms with van der Waals surface area (Å²) < 4.78 is 6.26. The molecule has 0 bridgehead atoms. The van der Waals surface area contributed by atoms with E-state index >= 15 is 0 Å². The minimum absolute atomic E-state index is 0.136. The van der Waals surface area contributed by atoms with Gasteiger partial charge in [0.25, 0.3) is 0 Å². The SMILES string of the molecule is COc1cc(Cl)c(C)cc1NC(=O)CSc1ncnc2ccsc12. The molecule has 0 spiro atoms. The number of carbonyl (C=O) groups is 1. The molecule has 0 aliphatic rings. The molecule has 3 rings (SSSR count). The average Bonchev–Trinajstić information content (AvgIpc) is 3.05. The number of thioether (sulfide) groups is 1. The van der Waals surface area contributed by atoms with Crippen molar-refractivity contribution in [2.75, 3.05) is 18.2 Å². The molecule has 0 aliphatic carbocycles. The van der Waals surface area contributed by atoms with E-state index in [2.05, 4.69) is 15.3 Å². The van der Waals surface area contributed by atoms with Crippen molar-refractivity contribution in [3.63, 3.8) is 0 Å². The Kier molecular flexibility index (Phi) is 5.23. The van der Waals surface area contributed by atoms with Crippen molar-refractivity contribution in [2.24, 2.45) is 0 Å². The zero-order valence-electron chi connectivity index (χ0n) is 13.0. The van der Waals surface area contributed by atoms with Crippen LogP contribution >= 0.6 is 34.7 Å². The van der Waals surface area contributed by atoms with Crippen LogP contribution in [-0.2, 0) is 4.79 Å². The van der Waals surface area contributed by atoms with E-state index < -0.39 is 0 Å². The maximum Gasteiger partial charge on any atom is 0.234 e. The lowest BCUT2D eigenvalue weighted by Crippen LogP contribution is -2.15. The fourth-order valence-electron chi connectivity index (χ4n) is 2.12. The maximum absolute atomic E-state index is 12.3. The van der Waals surface area contributed by atoms with Crippen LogP contribution in [0.15, 0.2) is 34.9 Å². The number of hydrogen-bond acceptors (Lipinski definition) is 6. The van der Waals surface area contributed by atoms with Gasteiger partial charge in [0.15, 0.2) is 0 Å². The molecule has 1 aromatic carbocycles. The van der Waals surface area contributed by atoms with Gasteiger partial charge >= 0.3 is 0 Å². The summed E-state index contributed by atoms with van der Waals surface area (Å²) in [4.78, 5) is 20.7. The number of fused-ring (bicyclic) bond motifs is 1. The third-order valence-electron chi connectivity index (χ3n) is 3.31. The minimum Gasteiger partial charge on any atom is -0.495 e. The zero-order valence-corrected chi connectivity index (χ0v) is 15.4. The predicted octanol–water partition coefficient (Wildman–Crippen LogP) is 4.39. The molecule has 2 heterocycles. The molecule has 0 saturated carbocycles. The molecule has 124 valence electrons. The van der Waals surface area contributed by atoms with Crippen molar-refractivity contribution in [2.45, 2.75) is 11.9 Å². The molecule has 2 aromatic heterocycles. The van der Waals surface area contributed by atoms with Gasteiger partial charge in [0.1, 0.15) is 17.1 Å². The minimum atomic E-state index is -0.136. The lowest BCUT2D eigenvalue weighted by atomic mass is 10.2. The van der Waals surface area contributed by atoms with Crippen molar-refractivity contribution in [1.82, 2.24) is 9.97 Å². The third kappa shape index (κ3) is 3.63. The van der Waals surface area contributed by atoms with Crippen LogP contribution in [0.1, 0.15) is 5.56 Å².